The first-order valence-corrected chi connectivity index (χ1v) is 9.87. The molecule has 23 heavy (non-hydrogen) atoms. The predicted molar refractivity (Wildman–Crippen MR) is 90.3 cm³/mol. The quantitative estimate of drug-likeness (QED) is 0.805. The molecule has 0 unspecified atom stereocenters. The van der Waals surface area contributed by atoms with Gasteiger partial charge >= 0.3 is 0 Å². The number of rotatable bonds is 2. The van der Waals surface area contributed by atoms with Crippen LogP contribution in [0.15, 0.2) is 23.1 Å². The second-order valence-corrected chi connectivity index (χ2v) is 9.17. The van der Waals surface area contributed by atoms with Crippen LogP contribution in [0.5, 0.6) is 0 Å². The summed E-state index contributed by atoms with van der Waals surface area (Å²) in [6.45, 7) is 1.03. The largest absolute Gasteiger partial charge is 0.323 e. The molecule has 3 rings (SSSR count). The Kier molecular flexibility index (Phi) is 4.62. The summed E-state index contributed by atoms with van der Waals surface area (Å²) in [6.07, 6.45) is 4.96. The zero-order chi connectivity index (χ0) is 16.7. The van der Waals surface area contributed by atoms with E-state index < -0.39 is 20.3 Å². The molecular formula is C15H18Cl2N2O3S. The molecule has 126 valence electrons. The fourth-order valence-corrected chi connectivity index (χ4v) is 4.93. The van der Waals surface area contributed by atoms with Gasteiger partial charge in [-0.25, -0.2) is 8.42 Å². The number of nitrogens with zero attached hydrogens (tertiary/aromatic N) is 1. The van der Waals surface area contributed by atoms with Crippen molar-refractivity contribution in [3.05, 3.63) is 23.8 Å². The standard InChI is InChI=1S/C15H18Cl2N2O3S/c16-15(17)12-10-11(6-7-13(12)18-14(15)20)23(21,22)19-8-4-2-1-3-5-9-19/h6-7,10H,1-5,8-9H2,(H,18,20). The summed E-state index contributed by atoms with van der Waals surface area (Å²) in [6, 6.07) is 4.43. The normalized spacial score (nSPS) is 22.1. The molecule has 2 aliphatic rings. The van der Waals surface area contributed by atoms with E-state index in [4.69, 9.17) is 23.2 Å². The third-order valence-electron chi connectivity index (χ3n) is 4.32. The zero-order valence-electron chi connectivity index (χ0n) is 12.5. The SMILES string of the molecule is O=C1Nc2ccc(S(=O)(=O)N3CCCCCCC3)cc2C1(Cl)Cl. The Balaban J connectivity index is 1.95. The van der Waals surface area contributed by atoms with Gasteiger partial charge in [0.2, 0.25) is 14.4 Å². The van der Waals surface area contributed by atoms with Gasteiger partial charge in [0.1, 0.15) is 0 Å². The monoisotopic (exact) mass is 376 g/mol. The first-order chi connectivity index (χ1) is 10.8. The predicted octanol–water partition coefficient (Wildman–Crippen LogP) is 3.22. The Hall–Kier alpha value is -0.820. The Morgan fingerprint density at radius 1 is 1.04 bits per heavy atom. The van der Waals surface area contributed by atoms with Gasteiger partial charge in [0, 0.05) is 24.3 Å². The van der Waals surface area contributed by atoms with Crippen LogP contribution in [0, 0.1) is 0 Å². The number of anilines is 1. The first-order valence-electron chi connectivity index (χ1n) is 7.67. The number of carbonyl (C=O) groups excluding carboxylic acids is 1. The molecule has 2 heterocycles. The summed E-state index contributed by atoms with van der Waals surface area (Å²) in [4.78, 5) is 11.9. The minimum atomic E-state index is -3.61. The molecule has 0 spiro atoms. The molecule has 1 amide bonds. The number of hydrogen-bond donors (Lipinski definition) is 1. The average Bonchev–Trinajstić information content (AvgIpc) is 2.68. The highest BCUT2D eigenvalue weighted by Crippen LogP contribution is 2.45. The van der Waals surface area contributed by atoms with Crippen molar-refractivity contribution in [2.24, 2.45) is 0 Å². The van der Waals surface area contributed by atoms with E-state index in [1.807, 2.05) is 0 Å². The van der Waals surface area contributed by atoms with Gasteiger partial charge < -0.3 is 5.32 Å². The van der Waals surface area contributed by atoms with Crippen LogP contribution in [0.4, 0.5) is 5.69 Å². The molecule has 0 aromatic heterocycles. The highest BCUT2D eigenvalue weighted by atomic mass is 35.5. The van der Waals surface area contributed by atoms with E-state index in [-0.39, 0.29) is 4.90 Å². The number of sulfonamides is 1. The molecule has 1 fully saturated rings. The molecule has 1 aromatic rings. The Morgan fingerprint density at radius 2 is 1.65 bits per heavy atom. The van der Waals surface area contributed by atoms with Gasteiger partial charge in [-0.05, 0) is 31.0 Å². The maximum Gasteiger partial charge on any atom is 0.265 e. The van der Waals surface area contributed by atoms with E-state index in [0.29, 0.717) is 24.3 Å². The topological polar surface area (TPSA) is 66.5 Å². The number of amides is 1. The van der Waals surface area contributed by atoms with Crippen molar-refractivity contribution in [2.45, 2.75) is 41.3 Å². The molecule has 1 saturated heterocycles. The number of alkyl halides is 2. The Bertz CT molecular complexity index is 726. The molecular weight excluding hydrogens is 359 g/mol. The summed E-state index contributed by atoms with van der Waals surface area (Å²) in [5, 5.41) is 2.55. The molecule has 2 aliphatic heterocycles. The minimum Gasteiger partial charge on any atom is -0.323 e. The van der Waals surface area contributed by atoms with Crippen molar-refractivity contribution in [3.8, 4) is 0 Å². The van der Waals surface area contributed by atoms with Crippen LogP contribution >= 0.6 is 23.2 Å². The minimum absolute atomic E-state index is 0.124. The van der Waals surface area contributed by atoms with Crippen molar-refractivity contribution in [1.82, 2.24) is 4.31 Å². The average molecular weight is 377 g/mol. The van der Waals surface area contributed by atoms with Crippen LogP contribution in [0.1, 0.15) is 37.7 Å². The molecule has 1 N–H and O–H groups in total. The summed E-state index contributed by atoms with van der Waals surface area (Å²) in [5.74, 6) is -0.559. The lowest BCUT2D eigenvalue weighted by Gasteiger charge is -2.24. The third kappa shape index (κ3) is 3.09. The van der Waals surface area contributed by atoms with Gasteiger partial charge in [0.05, 0.1) is 4.90 Å². The maximum absolute atomic E-state index is 12.9. The lowest BCUT2D eigenvalue weighted by molar-refractivity contribution is -0.116. The first kappa shape index (κ1) is 17.0. The number of fused-ring (bicyclic) bond motifs is 1. The van der Waals surface area contributed by atoms with Crippen LogP contribution in [-0.4, -0.2) is 31.7 Å². The lowest BCUT2D eigenvalue weighted by atomic mass is 10.1. The molecule has 5 nitrogen and oxygen atoms in total. The van der Waals surface area contributed by atoms with Crippen LogP contribution in [-0.2, 0) is 19.2 Å². The van der Waals surface area contributed by atoms with Gasteiger partial charge in [0.15, 0.2) is 0 Å². The van der Waals surface area contributed by atoms with E-state index in [1.165, 1.54) is 22.5 Å². The molecule has 0 bridgehead atoms. The Morgan fingerprint density at radius 3 is 2.30 bits per heavy atom. The molecule has 8 heteroatoms. The van der Waals surface area contributed by atoms with Crippen molar-refractivity contribution < 1.29 is 13.2 Å². The summed E-state index contributed by atoms with van der Waals surface area (Å²) in [7, 11) is -3.61. The highest BCUT2D eigenvalue weighted by Gasteiger charge is 2.44. The van der Waals surface area contributed by atoms with E-state index in [1.54, 1.807) is 0 Å². The number of benzene rings is 1. The fraction of sp³-hybridized carbons (Fsp3) is 0.533. The van der Waals surface area contributed by atoms with E-state index in [9.17, 15) is 13.2 Å². The lowest BCUT2D eigenvalue weighted by Crippen LogP contribution is -2.34. The summed E-state index contributed by atoms with van der Waals surface area (Å²) >= 11 is 12.1. The van der Waals surface area contributed by atoms with Gasteiger partial charge in [-0.1, -0.05) is 42.5 Å². The number of hydrogen-bond acceptors (Lipinski definition) is 3. The van der Waals surface area contributed by atoms with Crippen molar-refractivity contribution in [2.75, 3.05) is 18.4 Å². The molecule has 0 atom stereocenters. The molecule has 0 aliphatic carbocycles. The highest BCUT2D eigenvalue weighted by molar-refractivity contribution is 7.89. The second-order valence-electron chi connectivity index (χ2n) is 5.91. The van der Waals surface area contributed by atoms with Gasteiger partial charge in [0.25, 0.3) is 5.91 Å². The van der Waals surface area contributed by atoms with Crippen LogP contribution in [0.3, 0.4) is 0 Å². The number of halogens is 2. The number of nitrogens with one attached hydrogen (secondary N) is 1. The molecule has 0 radical (unpaired) electrons. The second kappa shape index (κ2) is 6.24. The summed E-state index contributed by atoms with van der Waals surface area (Å²) in [5.41, 5.74) is 0.741. The van der Waals surface area contributed by atoms with E-state index >= 15 is 0 Å². The maximum atomic E-state index is 12.9. The van der Waals surface area contributed by atoms with Gasteiger partial charge in [-0.15, -0.1) is 0 Å². The molecule has 0 saturated carbocycles. The van der Waals surface area contributed by atoms with Crippen molar-refractivity contribution in [3.63, 3.8) is 0 Å². The van der Waals surface area contributed by atoms with Crippen LogP contribution < -0.4 is 5.32 Å². The number of carbonyl (C=O) groups is 1. The van der Waals surface area contributed by atoms with Crippen molar-refractivity contribution in [1.29, 1.82) is 0 Å². The third-order valence-corrected chi connectivity index (χ3v) is 6.96. The van der Waals surface area contributed by atoms with E-state index in [0.717, 1.165) is 32.1 Å². The zero-order valence-corrected chi connectivity index (χ0v) is 14.8. The van der Waals surface area contributed by atoms with E-state index in [2.05, 4.69) is 5.32 Å². The van der Waals surface area contributed by atoms with Crippen molar-refractivity contribution >= 4 is 44.8 Å². The smallest absolute Gasteiger partial charge is 0.265 e. The van der Waals surface area contributed by atoms with Gasteiger partial charge in [-0.2, -0.15) is 4.31 Å². The van der Waals surface area contributed by atoms with Crippen LogP contribution in [0.25, 0.3) is 0 Å². The Labute approximate surface area is 146 Å². The molecule has 1 aromatic carbocycles. The summed E-state index contributed by atoms with van der Waals surface area (Å²) < 4.78 is 25.5. The van der Waals surface area contributed by atoms with Gasteiger partial charge in [-0.3, -0.25) is 4.79 Å². The fourth-order valence-electron chi connectivity index (χ4n) is 2.98. The van der Waals surface area contributed by atoms with Crippen LogP contribution in [0.2, 0.25) is 0 Å².